The molecule has 0 spiro atoms. The zero-order valence-corrected chi connectivity index (χ0v) is 7.65. The van der Waals surface area contributed by atoms with Gasteiger partial charge in [0.25, 0.3) is 0 Å². The first-order chi connectivity index (χ1) is 6.16. The fraction of sp³-hybridized carbons (Fsp3) is 0.143. The van der Waals surface area contributed by atoms with E-state index in [1.165, 1.54) is 25.4 Å². The average molecular weight is 201 g/mol. The zero-order valence-electron chi connectivity index (χ0n) is 6.76. The second-order valence-electron chi connectivity index (χ2n) is 2.12. The van der Waals surface area contributed by atoms with Crippen LogP contribution >= 0.6 is 0 Å². The molecule has 0 atom stereocenters. The van der Waals surface area contributed by atoms with Crippen LogP contribution in [0.2, 0.25) is 0 Å². The lowest BCUT2D eigenvalue weighted by Crippen LogP contribution is -2.07. The molecule has 1 rings (SSSR count). The monoisotopic (exact) mass is 201 g/mol. The van der Waals surface area contributed by atoms with Gasteiger partial charge in [-0.3, -0.25) is 0 Å². The van der Waals surface area contributed by atoms with E-state index in [0.29, 0.717) is 0 Å². The maximum Gasteiger partial charge on any atom is 0.358 e. The number of hydrogen-bond acceptors (Lipinski definition) is 5. The predicted molar refractivity (Wildman–Crippen MR) is 44.2 cm³/mol. The lowest BCUT2D eigenvalue weighted by atomic mass is 10.3. The van der Waals surface area contributed by atoms with E-state index in [4.69, 9.17) is 0 Å². The van der Waals surface area contributed by atoms with E-state index in [-0.39, 0.29) is 10.6 Å². The molecule has 0 saturated carbocycles. The largest absolute Gasteiger partial charge is 0.464 e. The Bertz CT molecular complexity index is 391. The van der Waals surface area contributed by atoms with E-state index in [0.717, 1.165) is 0 Å². The molecule has 0 aliphatic rings. The summed E-state index contributed by atoms with van der Waals surface area (Å²) in [6.07, 6.45) is 1.33. The molecule has 0 radical (unpaired) electrons. The van der Waals surface area contributed by atoms with Gasteiger partial charge in [0, 0.05) is 6.20 Å². The van der Waals surface area contributed by atoms with E-state index in [1.54, 1.807) is 0 Å². The summed E-state index contributed by atoms with van der Waals surface area (Å²) in [6.45, 7) is 0. The molecule has 0 saturated heterocycles. The molecule has 0 N–H and O–H groups in total. The van der Waals surface area contributed by atoms with E-state index in [9.17, 15) is 13.2 Å². The molecular formula is C7H7NO4S. The Morgan fingerprint density at radius 2 is 2.23 bits per heavy atom. The number of ether oxygens (including phenoxy) is 1. The standard InChI is InChI=1S/C7H7NO4S/c1-12-7(9)6-5(13(10)11)3-2-4-8-6/h2-4,13H,1H3. The lowest BCUT2D eigenvalue weighted by molar-refractivity contribution is 0.0589. The van der Waals surface area contributed by atoms with Crippen LogP contribution in [0.15, 0.2) is 23.2 Å². The highest BCUT2D eigenvalue weighted by Crippen LogP contribution is 2.07. The van der Waals surface area contributed by atoms with Crippen LogP contribution in [0.25, 0.3) is 0 Å². The van der Waals surface area contributed by atoms with Crippen LogP contribution in [0.3, 0.4) is 0 Å². The van der Waals surface area contributed by atoms with Gasteiger partial charge in [-0.25, -0.2) is 18.2 Å². The Morgan fingerprint density at radius 1 is 1.54 bits per heavy atom. The molecule has 5 nitrogen and oxygen atoms in total. The third-order valence-electron chi connectivity index (χ3n) is 1.36. The number of pyridine rings is 1. The molecule has 0 unspecified atom stereocenters. The molecule has 70 valence electrons. The van der Waals surface area contributed by atoms with Crippen molar-refractivity contribution in [1.29, 1.82) is 0 Å². The van der Waals surface area contributed by atoms with Gasteiger partial charge in [0.1, 0.15) is 0 Å². The smallest absolute Gasteiger partial charge is 0.358 e. The third kappa shape index (κ3) is 2.03. The van der Waals surface area contributed by atoms with Gasteiger partial charge >= 0.3 is 5.97 Å². The van der Waals surface area contributed by atoms with Crippen molar-refractivity contribution in [3.63, 3.8) is 0 Å². The van der Waals surface area contributed by atoms with Crippen LogP contribution in [0.5, 0.6) is 0 Å². The Morgan fingerprint density at radius 3 is 2.77 bits per heavy atom. The van der Waals surface area contributed by atoms with Gasteiger partial charge in [-0.05, 0) is 12.1 Å². The van der Waals surface area contributed by atoms with Crippen LogP contribution in [-0.2, 0) is 15.4 Å². The fourth-order valence-electron chi connectivity index (χ4n) is 0.798. The first-order valence-electron chi connectivity index (χ1n) is 3.34. The molecule has 0 amide bonds. The molecule has 0 aromatic carbocycles. The molecule has 0 fully saturated rings. The summed E-state index contributed by atoms with van der Waals surface area (Å²) in [5.41, 5.74) is -0.180. The van der Waals surface area contributed by atoms with Crippen molar-refractivity contribution in [1.82, 2.24) is 4.98 Å². The van der Waals surface area contributed by atoms with E-state index in [2.05, 4.69) is 9.72 Å². The number of esters is 1. The van der Waals surface area contributed by atoms with Crippen molar-refractivity contribution in [2.45, 2.75) is 4.90 Å². The van der Waals surface area contributed by atoms with Crippen LogP contribution in [0.4, 0.5) is 0 Å². The summed E-state index contributed by atoms with van der Waals surface area (Å²) in [7, 11) is -1.65. The number of nitrogens with zero attached hydrogens (tertiary/aromatic N) is 1. The van der Waals surface area contributed by atoms with Crippen molar-refractivity contribution in [3.8, 4) is 0 Å². The van der Waals surface area contributed by atoms with Crippen molar-refractivity contribution in [2.24, 2.45) is 0 Å². The molecule has 6 heteroatoms. The minimum Gasteiger partial charge on any atom is -0.464 e. The highest BCUT2D eigenvalue weighted by molar-refractivity contribution is 7.72. The van der Waals surface area contributed by atoms with E-state index in [1.807, 2.05) is 0 Å². The number of hydrogen-bond donors (Lipinski definition) is 1. The predicted octanol–water partition coefficient (Wildman–Crippen LogP) is -0.161. The fourth-order valence-corrected chi connectivity index (χ4v) is 1.33. The van der Waals surface area contributed by atoms with Gasteiger partial charge in [-0.2, -0.15) is 0 Å². The average Bonchev–Trinajstić information content (AvgIpc) is 2.16. The molecule has 0 aliphatic carbocycles. The molecule has 0 aliphatic heterocycles. The van der Waals surface area contributed by atoms with Crippen molar-refractivity contribution in [2.75, 3.05) is 7.11 Å². The molecular weight excluding hydrogens is 194 g/mol. The van der Waals surface area contributed by atoms with Crippen molar-refractivity contribution >= 4 is 16.7 Å². The van der Waals surface area contributed by atoms with Gasteiger partial charge < -0.3 is 4.74 Å². The van der Waals surface area contributed by atoms with Gasteiger partial charge in [0.05, 0.1) is 12.0 Å². The van der Waals surface area contributed by atoms with Crippen molar-refractivity contribution < 1.29 is 17.9 Å². The van der Waals surface area contributed by atoms with Crippen molar-refractivity contribution in [3.05, 3.63) is 24.0 Å². The summed E-state index contributed by atoms with van der Waals surface area (Å²) in [4.78, 5) is 14.5. The Hall–Kier alpha value is -1.43. The highest BCUT2D eigenvalue weighted by atomic mass is 32.2. The van der Waals surface area contributed by atoms with Gasteiger partial charge in [0.15, 0.2) is 16.4 Å². The number of carbonyl (C=O) groups is 1. The minimum atomic E-state index is -2.82. The second-order valence-corrected chi connectivity index (χ2v) is 3.12. The second kappa shape index (κ2) is 3.99. The maximum atomic E-state index is 11.0. The molecule has 1 heterocycles. The summed E-state index contributed by atoms with van der Waals surface area (Å²) in [6, 6.07) is 2.73. The first-order valence-corrected chi connectivity index (χ1v) is 4.52. The van der Waals surface area contributed by atoms with Crippen LogP contribution in [-0.4, -0.2) is 26.5 Å². The summed E-state index contributed by atoms with van der Waals surface area (Å²) in [5.74, 6) is -0.755. The Kier molecular flexibility index (Phi) is 2.97. The van der Waals surface area contributed by atoms with Gasteiger partial charge in [-0.1, -0.05) is 0 Å². The minimum absolute atomic E-state index is 0.121. The third-order valence-corrected chi connectivity index (χ3v) is 2.12. The number of rotatable bonds is 2. The molecule has 1 aromatic heterocycles. The molecule has 1 aromatic rings. The normalized spacial score (nSPS) is 10.0. The molecule has 13 heavy (non-hydrogen) atoms. The van der Waals surface area contributed by atoms with Gasteiger partial charge in [-0.15, -0.1) is 0 Å². The Labute approximate surface area is 76.3 Å². The summed E-state index contributed by atoms with van der Waals surface area (Å²) in [5, 5.41) is 0. The SMILES string of the molecule is COC(=O)c1ncccc1[SH](=O)=O. The number of aromatic nitrogens is 1. The van der Waals surface area contributed by atoms with E-state index < -0.39 is 16.7 Å². The molecule has 0 bridgehead atoms. The Balaban J connectivity index is 3.27. The zero-order chi connectivity index (χ0) is 9.84. The topological polar surface area (TPSA) is 73.3 Å². The lowest BCUT2D eigenvalue weighted by Gasteiger charge is -1.99. The first kappa shape index (κ1) is 9.66. The van der Waals surface area contributed by atoms with E-state index >= 15 is 0 Å². The van der Waals surface area contributed by atoms with Crippen LogP contribution < -0.4 is 0 Å². The quantitative estimate of drug-likeness (QED) is 0.531. The summed E-state index contributed by atoms with van der Waals surface area (Å²) < 4.78 is 25.6. The summed E-state index contributed by atoms with van der Waals surface area (Å²) >= 11 is 0. The van der Waals surface area contributed by atoms with Gasteiger partial charge in [0.2, 0.25) is 0 Å². The number of thiol groups is 1. The maximum absolute atomic E-state index is 11.0. The number of methoxy groups -OCH3 is 1. The highest BCUT2D eigenvalue weighted by Gasteiger charge is 2.13. The van der Waals surface area contributed by atoms with Crippen LogP contribution in [0.1, 0.15) is 10.5 Å². The van der Waals surface area contributed by atoms with Crippen LogP contribution in [0, 0.1) is 0 Å². The number of carbonyl (C=O) groups excluding carboxylic acids is 1.